The van der Waals surface area contributed by atoms with Crippen molar-refractivity contribution in [2.75, 3.05) is 5.73 Å². The molecule has 0 amide bonds. The van der Waals surface area contributed by atoms with Crippen molar-refractivity contribution >= 4 is 11.5 Å². The minimum atomic E-state index is -0.504. The van der Waals surface area contributed by atoms with Crippen LogP contribution in [0.5, 0.6) is 0 Å². The second-order valence-electron chi connectivity index (χ2n) is 3.16. The van der Waals surface area contributed by atoms with Crippen molar-refractivity contribution in [3.05, 3.63) is 50.8 Å². The molecule has 16 heavy (non-hydrogen) atoms. The molecule has 3 N–H and O–H groups in total. The number of nitrogens with one attached hydrogen (secondary N) is 1. The van der Waals surface area contributed by atoms with Crippen LogP contribution in [0.3, 0.4) is 0 Å². The van der Waals surface area contributed by atoms with Gasteiger partial charge in [-0.25, -0.2) is 4.68 Å². The zero-order valence-corrected chi connectivity index (χ0v) is 8.08. The molecule has 2 aromatic rings. The second-order valence-corrected chi connectivity index (χ2v) is 3.16. The Balaban J connectivity index is 2.46. The normalized spacial score (nSPS) is 10.2. The Morgan fingerprint density at radius 3 is 2.38 bits per heavy atom. The number of hydrogen-bond donors (Lipinski definition) is 2. The summed E-state index contributed by atoms with van der Waals surface area (Å²) in [6.45, 7) is 0. The number of rotatable bonds is 2. The average Bonchev–Trinajstić information content (AvgIpc) is 2.58. The van der Waals surface area contributed by atoms with Gasteiger partial charge in [-0.05, 0) is 12.1 Å². The number of hydrogen-bond acceptors (Lipinski definition) is 4. The van der Waals surface area contributed by atoms with E-state index in [9.17, 15) is 14.9 Å². The summed E-state index contributed by atoms with van der Waals surface area (Å²) in [6, 6.07) is 6.81. The van der Waals surface area contributed by atoms with Crippen molar-refractivity contribution in [2.45, 2.75) is 0 Å². The number of aromatic nitrogens is 2. The zero-order valence-electron chi connectivity index (χ0n) is 8.08. The van der Waals surface area contributed by atoms with Crippen LogP contribution in [0.1, 0.15) is 0 Å². The zero-order chi connectivity index (χ0) is 11.7. The third kappa shape index (κ3) is 1.65. The number of nitrogen functional groups attached to an aromatic ring is 1. The molecule has 2 rings (SSSR count). The highest BCUT2D eigenvalue weighted by molar-refractivity contribution is 5.41. The maximum absolute atomic E-state index is 11.4. The van der Waals surface area contributed by atoms with Crippen molar-refractivity contribution < 1.29 is 4.92 Å². The maximum atomic E-state index is 11.4. The van der Waals surface area contributed by atoms with Crippen molar-refractivity contribution in [2.24, 2.45) is 0 Å². The van der Waals surface area contributed by atoms with Gasteiger partial charge < -0.3 is 5.73 Å². The van der Waals surface area contributed by atoms with Crippen LogP contribution < -0.4 is 11.3 Å². The minimum Gasteiger partial charge on any atom is -0.384 e. The van der Waals surface area contributed by atoms with Crippen LogP contribution in [0.25, 0.3) is 5.69 Å². The third-order valence-corrected chi connectivity index (χ3v) is 2.06. The molecule has 0 unspecified atom stereocenters. The molecule has 82 valence electrons. The molecule has 1 aromatic carbocycles. The van der Waals surface area contributed by atoms with Gasteiger partial charge >= 0.3 is 0 Å². The molecule has 7 nitrogen and oxygen atoms in total. The van der Waals surface area contributed by atoms with E-state index < -0.39 is 4.92 Å². The molecule has 0 atom stereocenters. The summed E-state index contributed by atoms with van der Waals surface area (Å²) in [7, 11) is 0. The Morgan fingerprint density at radius 1 is 1.31 bits per heavy atom. The van der Waals surface area contributed by atoms with Crippen molar-refractivity contribution in [3.8, 4) is 5.69 Å². The maximum Gasteiger partial charge on any atom is 0.273 e. The Morgan fingerprint density at radius 2 is 1.94 bits per heavy atom. The minimum absolute atomic E-state index is 0.0312. The van der Waals surface area contributed by atoms with E-state index in [1.807, 2.05) is 0 Å². The van der Waals surface area contributed by atoms with E-state index >= 15 is 0 Å². The van der Waals surface area contributed by atoms with Gasteiger partial charge in [0.2, 0.25) is 0 Å². The lowest BCUT2D eigenvalue weighted by molar-refractivity contribution is -0.384. The molecule has 0 fully saturated rings. The highest BCUT2D eigenvalue weighted by atomic mass is 16.6. The molecule has 1 heterocycles. The van der Waals surface area contributed by atoms with E-state index in [0.717, 1.165) is 0 Å². The Hall–Kier alpha value is -2.57. The fourth-order valence-corrected chi connectivity index (χ4v) is 1.33. The first kappa shape index (κ1) is 9.97. The lowest BCUT2D eigenvalue weighted by atomic mass is 10.3. The number of aromatic amines is 1. The van der Waals surface area contributed by atoms with Crippen molar-refractivity contribution in [3.63, 3.8) is 0 Å². The van der Waals surface area contributed by atoms with Crippen LogP contribution >= 0.6 is 0 Å². The second kappa shape index (κ2) is 3.54. The average molecular weight is 220 g/mol. The van der Waals surface area contributed by atoms with Gasteiger partial charge in [-0.2, -0.15) is 0 Å². The predicted molar refractivity (Wildman–Crippen MR) is 57.5 cm³/mol. The first-order valence-electron chi connectivity index (χ1n) is 4.40. The lowest BCUT2D eigenvalue weighted by Gasteiger charge is -2.00. The molecule has 0 aliphatic rings. The summed E-state index contributed by atoms with van der Waals surface area (Å²) < 4.78 is 1.21. The molecule has 0 saturated heterocycles. The summed E-state index contributed by atoms with van der Waals surface area (Å²) in [6.07, 6.45) is 0. The molecule has 0 saturated carbocycles. The summed E-state index contributed by atoms with van der Waals surface area (Å²) in [4.78, 5) is 21.3. The molecule has 0 spiro atoms. The summed E-state index contributed by atoms with van der Waals surface area (Å²) in [5, 5.41) is 13.1. The number of non-ortho nitro benzene ring substituents is 1. The van der Waals surface area contributed by atoms with Crippen molar-refractivity contribution in [1.82, 2.24) is 9.78 Å². The largest absolute Gasteiger partial charge is 0.384 e. The molecule has 1 aromatic heterocycles. The van der Waals surface area contributed by atoms with Crippen LogP contribution in [0, 0.1) is 10.1 Å². The Kier molecular flexibility index (Phi) is 2.20. The molecular formula is C9H8N4O3. The van der Waals surface area contributed by atoms with Gasteiger partial charge in [-0.15, -0.1) is 0 Å². The standard InChI is InChI=1S/C9H8N4O3/c10-8-5-9(14)12(11-8)6-1-3-7(4-2-6)13(15)16/h1-5,11H,10H2. The molecule has 0 aliphatic carbocycles. The number of nitrogens with two attached hydrogens (primary N) is 1. The summed E-state index contributed by atoms with van der Waals surface area (Å²) in [5.41, 5.74) is 5.56. The number of H-pyrrole nitrogens is 1. The summed E-state index contributed by atoms with van der Waals surface area (Å²) in [5.74, 6) is 0.239. The van der Waals surface area contributed by atoms with Crippen LogP contribution in [-0.4, -0.2) is 14.7 Å². The number of nitro benzene ring substituents is 1. The highest BCUT2D eigenvalue weighted by Crippen LogP contribution is 2.13. The summed E-state index contributed by atoms with van der Waals surface area (Å²) >= 11 is 0. The topological polar surface area (TPSA) is 107 Å². The molecule has 0 aliphatic heterocycles. The van der Waals surface area contributed by atoms with Crippen LogP contribution in [-0.2, 0) is 0 Å². The molecule has 7 heteroatoms. The highest BCUT2D eigenvalue weighted by Gasteiger charge is 2.07. The first-order valence-corrected chi connectivity index (χ1v) is 4.40. The first-order chi connectivity index (χ1) is 7.58. The molecule has 0 radical (unpaired) electrons. The number of nitrogens with zero attached hydrogens (tertiary/aromatic N) is 2. The predicted octanol–water partition coefficient (Wildman–Crippen LogP) is 0.656. The van der Waals surface area contributed by atoms with E-state index in [-0.39, 0.29) is 17.1 Å². The SMILES string of the molecule is Nc1cc(=O)n(-c2ccc([N+](=O)[O-])cc2)[nH]1. The van der Waals surface area contributed by atoms with Gasteiger partial charge in [0.25, 0.3) is 11.2 Å². The Labute approximate surface area is 89.3 Å². The van der Waals surface area contributed by atoms with Crippen LogP contribution in [0.15, 0.2) is 35.1 Å². The quantitative estimate of drug-likeness (QED) is 0.572. The third-order valence-electron chi connectivity index (χ3n) is 2.06. The van der Waals surface area contributed by atoms with Gasteiger partial charge in [-0.1, -0.05) is 0 Å². The van der Waals surface area contributed by atoms with Gasteiger partial charge in [0.1, 0.15) is 5.82 Å². The van der Waals surface area contributed by atoms with Gasteiger partial charge in [0.15, 0.2) is 0 Å². The van der Waals surface area contributed by atoms with Gasteiger partial charge in [0.05, 0.1) is 10.6 Å². The monoisotopic (exact) mass is 220 g/mol. The Bertz CT molecular complexity index is 582. The smallest absolute Gasteiger partial charge is 0.273 e. The van der Waals surface area contributed by atoms with Gasteiger partial charge in [0, 0.05) is 18.2 Å². The molecular weight excluding hydrogens is 212 g/mol. The number of anilines is 1. The number of nitro groups is 1. The van der Waals surface area contributed by atoms with Crippen LogP contribution in [0.2, 0.25) is 0 Å². The van der Waals surface area contributed by atoms with E-state index in [0.29, 0.717) is 5.69 Å². The van der Waals surface area contributed by atoms with Crippen LogP contribution in [0.4, 0.5) is 11.5 Å². The van der Waals surface area contributed by atoms with Gasteiger partial charge in [-0.3, -0.25) is 20.0 Å². The van der Waals surface area contributed by atoms with E-state index in [2.05, 4.69) is 5.10 Å². The fraction of sp³-hybridized carbons (Fsp3) is 0. The number of benzene rings is 1. The van der Waals surface area contributed by atoms with E-state index in [1.54, 1.807) is 0 Å². The van der Waals surface area contributed by atoms with Crippen molar-refractivity contribution in [1.29, 1.82) is 0 Å². The molecule has 0 bridgehead atoms. The van der Waals surface area contributed by atoms with E-state index in [1.165, 1.54) is 35.0 Å². The van der Waals surface area contributed by atoms with E-state index in [4.69, 9.17) is 5.73 Å². The fourth-order valence-electron chi connectivity index (χ4n) is 1.33. The lowest BCUT2D eigenvalue weighted by Crippen LogP contribution is -2.13.